The van der Waals surface area contributed by atoms with E-state index in [1.165, 1.54) is 26.6 Å². The van der Waals surface area contributed by atoms with Crippen LogP contribution in [0.1, 0.15) is 92.7 Å². The smallest absolute Gasteiger partial charge is 0.326 e. The van der Waals surface area contributed by atoms with Crippen molar-refractivity contribution in [1.29, 1.82) is 0 Å². The number of esters is 1. The van der Waals surface area contributed by atoms with Gasteiger partial charge in [0.1, 0.15) is 36.3 Å². The molecule has 0 bridgehead atoms. The Morgan fingerprint density at radius 3 is 2.04 bits per heavy atom. The molecule has 1 saturated heterocycles. The summed E-state index contributed by atoms with van der Waals surface area (Å²) in [7, 11) is 4.77. The number of carbonyl (C=O) groups is 6. The topological polar surface area (TPSA) is 149 Å². The summed E-state index contributed by atoms with van der Waals surface area (Å²) < 4.78 is 5.44. The van der Waals surface area contributed by atoms with Crippen LogP contribution in [0.5, 0.6) is 0 Å². The highest BCUT2D eigenvalue weighted by molar-refractivity contribution is 5.97. The third-order valence-corrected chi connectivity index (χ3v) is 10.0. The molecule has 1 fully saturated rings. The van der Waals surface area contributed by atoms with Crippen LogP contribution in [0.4, 0.5) is 0 Å². The highest BCUT2D eigenvalue weighted by atomic mass is 16.6. The van der Waals surface area contributed by atoms with Gasteiger partial charge in [0.05, 0.1) is 6.04 Å². The average Bonchev–Trinajstić information content (AvgIpc) is 3.06. The molecular weight excluding hydrogens is 676 g/mol. The van der Waals surface area contributed by atoms with Crippen LogP contribution in [0.2, 0.25) is 0 Å². The number of aryl methyl sites for hydroxylation is 1. The quantitative estimate of drug-likeness (QED) is 0.218. The largest absolute Gasteiger partial charge is 0.459 e. The molecule has 0 radical (unpaired) electrons. The maximum Gasteiger partial charge on any atom is 0.326 e. The number of carbonyl (C=O) groups excluding carboxylic acids is 6. The summed E-state index contributed by atoms with van der Waals surface area (Å²) in [4.78, 5) is 87.6. The van der Waals surface area contributed by atoms with Crippen LogP contribution in [0.25, 0.3) is 0 Å². The van der Waals surface area contributed by atoms with E-state index < -0.39 is 53.6 Å². The fourth-order valence-corrected chi connectivity index (χ4v) is 6.39. The van der Waals surface area contributed by atoms with Gasteiger partial charge in [0.15, 0.2) is 0 Å². The highest BCUT2D eigenvalue weighted by Gasteiger charge is 2.45. The first kappa shape index (κ1) is 45.2. The van der Waals surface area contributed by atoms with Gasteiger partial charge >= 0.3 is 5.97 Å². The van der Waals surface area contributed by atoms with E-state index in [4.69, 9.17) is 4.74 Å². The second kappa shape index (κ2) is 19.9. The van der Waals surface area contributed by atoms with Gasteiger partial charge < -0.3 is 35.0 Å². The van der Waals surface area contributed by atoms with E-state index in [0.29, 0.717) is 25.8 Å². The highest BCUT2D eigenvalue weighted by Crippen LogP contribution is 2.25. The maximum atomic E-state index is 14.3. The molecule has 2 N–H and O–H groups in total. The van der Waals surface area contributed by atoms with Crippen LogP contribution >= 0.6 is 0 Å². The Labute approximate surface area is 317 Å². The normalized spacial score (nSPS) is 17.1. The van der Waals surface area contributed by atoms with Gasteiger partial charge in [0.25, 0.3) is 0 Å². The van der Waals surface area contributed by atoms with Crippen molar-refractivity contribution in [1.82, 2.24) is 30.2 Å². The zero-order valence-electron chi connectivity index (χ0n) is 34.4. The lowest BCUT2D eigenvalue weighted by molar-refractivity contribution is -0.162. The maximum absolute atomic E-state index is 14.3. The van der Waals surface area contributed by atoms with E-state index in [9.17, 15) is 28.8 Å². The third-order valence-electron chi connectivity index (χ3n) is 10.0. The summed E-state index contributed by atoms with van der Waals surface area (Å²) in [6.07, 6.45) is 1.84. The van der Waals surface area contributed by atoms with Gasteiger partial charge in [-0.1, -0.05) is 63.9 Å². The zero-order chi connectivity index (χ0) is 40.4. The molecule has 0 saturated carbocycles. The van der Waals surface area contributed by atoms with Crippen LogP contribution < -0.4 is 10.6 Å². The van der Waals surface area contributed by atoms with Crippen molar-refractivity contribution in [2.24, 2.45) is 11.8 Å². The standard InChI is InChI=1S/C40H66N6O7/c1-14-27(6)34(42-35(48)30(41-11)22-25(3)4)39(52)44(13)28(7)36(49)46-21-20-31(46)38(51)45(15-2)32(23-29-18-16-26(5)17-19-29)37(50)43(12)24-33(47)53-40(8,9)10/h16-19,25,27-28,30-32,34,41H,14-15,20-24H2,1-13H3,(H,42,48)/t27-,28-,30-,31-,32-,34-/m0/s1. The molecule has 1 aromatic carbocycles. The van der Waals surface area contributed by atoms with Crippen molar-refractivity contribution < 1.29 is 33.5 Å². The van der Waals surface area contributed by atoms with Gasteiger partial charge in [-0.25, -0.2) is 0 Å². The summed E-state index contributed by atoms with van der Waals surface area (Å²) >= 11 is 0. The number of ether oxygens (including phenoxy) is 1. The monoisotopic (exact) mass is 742 g/mol. The van der Waals surface area contributed by atoms with Crippen molar-refractivity contribution in [3.05, 3.63) is 35.4 Å². The SMILES string of the molecule is CC[C@H](C)[C@H](NC(=O)[C@H](CC(C)C)NC)C(=O)N(C)[C@@H](C)C(=O)N1CC[C@H]1C(=O)N(CC)[C@@H](Cc1ccc(C)cc1)C(=O)N(C)CC(=O)OC(C)(C)C. The van der Waals surface area contributed by atoms with Gasteiger partial charge in [-0.3, -0.25) is 28.8 Å². The summed E-state index contributed by atoms with van der Waals surface area (Å²) in [5, 5.41) is 5.98. The second-order valence-corrected chi connectivity index (χ2v) is 15.9. The Hall–Kier alpha value is -4.00. The molecule has 1 heterocycles. The summed E-state index contributed by atoms with van der Waals surface area (Å²) in [6.45, 7) is 18.7. The van der Waals surface area contributed by atoms with Crippen LogP contribution in [0, 0.1) is 18.8 Å². The van der Waals surface area contributed by atoms with Crippen molar-refractivity contribution in [2.45, 2.75) is 131 Å². The van der Waals surface area contributed by atoms with Gasteiger partial charge in [0, 0.05) is 33.6 Å². The number of benzene rings is 1. The van der Waals surface area contributed by atoms with E-state index in [0.717, 1.165) is 11.1 Å². The molecule has 0 aliphatic carbocycles. The third kappa shape index (κ3) is 12.5. The van der Waals surface area contributed by atoms with Gasteiger partial charge in [-0.15, -0.1) is 0 Å². The number of likely N-dealkylation sites (tertiary alicyclic amines) is 1. The number of hydrogen-bond acceptors (Lipinski definition) is 8. The van der Waals surface area contributed by atoms with Crippen molar-refractivity contribution in [3.63, 3.8) is 0 Å². The van der Waals surface area contributed by atoms with E-state index in [1.807, 2.05) is 58.9 Å². The molecule has 53 heavy (non-hydrogen) atoms. The Bertz CT molecular complexity index is 1430. The lowest BCUT2D eigenvalue weighted by Crippen LogP contribution is -2.65. The Balaban J connectivity index is 2.31. The van der Waals surface area contributed by atoms with E-state index in [-0.39, 0.29) is 49.1 Å². The summed E-state index contributed by atoms with van der Waals surface area (Å²) in [6, 6.07) is 3.70. The average molecular weight is 743 g/mol. The second-order valence-electron chi connectivity index (χ2n) is 15.9. The molecule has 0 aromatic heterocycles. The predicted molar refractivity (Wildman–Crippen MR) is 206 cm³/mol. The van der Waals surface area contributed by atoms with Crippen molar-refractivity contribution in [3.8, 4) is 0 Å². The van der Waals surface area contributed by atoms with E-state index >= 15 is 0 Å². The summed E-state index contributed by atoms with van der Waals surface area (Å²) in [5.74, 6) is -2.34. The predicted octanol–water partition coefficient (Wildman–Crippen LogP) is 3.17. The minimum atomic E-state index is -0.945. The van der Waals surface area contributed by atoms with Gasteiger partial charge in [-0.2, -0.15) is 0 Å². The molecule has 6 atom stereocenters. The molecule has 298 valence electrons. The zero-order valence-corrected chi connectivity index (χ0v) is 34.4. The lowest BCUT2D eigenvalue weighted by Gasteiger charge is -2.45. The molecule has 0 spiro atoms. The number of rotatable bonds is 18. The van der Waals surface area contributed by atoms with Crippen molar-refractivity contribution in [2.75, 3.05) is 40.8 Å². The molecule has 2 rings (SSSR count). The van der Waals surface area contributed by atoms with Gasteiger partial charge in [0.2, 0.25) is 29.5 Å². The number of nitrogens with zero attached hydrogens (tertiary/aromatic N) is 4. The minimum Gasteiger partial charge on any atom is -0.459 e. The Kier molecular flexibility index (Phi) is 17.0. The molecule has 1 aliphatic heterocycles. The number of hydrogen-bond donors (Lipinski definition) is 2. The first-order valence-corrected chi connectivity index (χ1v) is 19.0. The molecular formula is C40H66N6O7. The number of nitrogens with one attached hydrogen (secondary N) is 2. The molecule has 1 aliphatic rings. The van der Waals surface area contributed by atoms with Crippen LogP contribution in [-0.4, -0.2) is 132 Å². The Morgan fingerprint density at radius 1 is 0.962 bits per heavy atom. The minimum absolute atomic E-state index is 0.189. The lowest BCUT2D eigenvalue weighted by atomic mass is 9.95. The van der Waals surface area contributed by atoms with Gasteiger partial charge in [-0.05, 0) is 78.8 Å². The van der Waals surface area contributed by atoms with Crippen LogP contribution in [-0.2, 0) is 39.9 Å². The summed E-state index contributed by atoms with van der Waals surface area (Å²) in [5.41, 5.74) is 1.17. The molecule has 13 heteroatoms. The number of likely N-dealkylation sites (N-methyl/N-ethyl adjacent to an activating group) is 4. The first-order valence-electron chi connectivity index (χ1n) is 19.0. The molecule has 1 aromatic rings. The van der Waals surface area contributed by atoms with Crippen LogP contribution in [0.3, 0.4) is 0 Å². The van der Waals surface area contributed by atoms with E-state index in [1.54, 1.807) is 48.7 Å². The fourth-order valence-electron chi connectivity index (χ4n) is 6.39. The first-order chi connectivity index (χ1) is 24.7. The van der Waals surface area contributed by atoms with Crippen molar-refractivity contribution >= 4 is 35.5 Å². The molecule has 5 amide bonds. The van der Waals surface area contributed by atoms with Crippen LogP contribution in [0.15, 0.2) is 24.3 Å². The van der Waals surface area contributed by atoms with E-state index in [2.05, 4.69) is 10.6 Å². The number of amides is 5. The Morgan fingerprint density at radius 2 is 1.57 bits per heavy atom. The fraction of sp³-hybridized carbons (Fsp3) is 0.700. The molecule has 0 unspecified atom stereocenters. The molecule has 13 nitrogen and oxygen atoms in total.